The largest absolute Gasteiger partial charge is 0.469 e. The van der Waals surface area contributed by atoms with Gasteiger partial charge in [-0.15, -0.1) is 11.8 Å². The zero-order valence-electron chi connectivity index (χ0n) is 10.1. The minimum Gasteiger partial charge on any atom is -0.469 e. The molecule has 1 heterocycles. The molecular weight excluding hydrogens is 314 g/mol. The summed E-state index contributed by atoms with van der Waals surface area (Å²) in [6, 6.07) is 8.28. The summed E-state index contributed by atoms with van der Waals surface area (Å²) < 4.78 is 5.74. The summed E-state index contributed by atoms with van der Waals surface area (Å²) in [6.45, 7) is 0. The molecule has 96 valence electrons. The molecule has 0 amide bonds. The molecule has 0 spiro atoms. The Labute approximate surface area is 119 Å². The van der Waals surface area contributed by atoms with Gasteiger partial charge >= 0.3 is 5.97 Å². The number of ether oxygens (including phenoxy) is 1. The van der Waals surface area contributed by atoms with Crippen LogP contribution >= 0.6 is 27.7 Å². The van der Waals surface area contributed by atoms with Gasteiger partial charge in [-0.1, -0.05) is 28.1 Å². The molecule has 2 rings (SSSR count). The number of thioether (sulfide) groups is 1. The maximum absolute atomic E-state index is 11.2. The van der Waals surface area contributed by atoms with Crippen LogP contribution in [0.15, 0.2) is 33.7 Å². The number of methoxy groups -OCH3 is 1. The first-order valence-corrected chi connectivity index (χ1v) is 7.46. The predicted octanol–water partition coefficient (Wildman–Crippen LogP) is 3.07. The molecule has 0 bridgehead atoms. The Kier molecular flexibility index (Phi) is 4.83. The number of esters is 1. The van der Waals surface area contributed by atoms with E-state index in [0.717, 1.165) is 21.7 Å². The minimum absolute atomic E-state index is 0.0737. The molecule has 0 fully saturated rings. The Bertz CT molecular complexity index is 476. The van der Waals surface area contributed by atoms with Crippen molar-refractivity contribution in [2.45, 2.75) is 18.9 Å². The fourth-order valence-corrected chi connectivity index (χ4v) is 3.29. The van der Waals surface area contributed by atoms with Crippen LogP contribution in [0.25, 0.3) is 0 Å². The smallest absolute Gasteiger partial charge is 0.307 e. The van der Waals surface area contributed by atoms with Gasteiger partial charge in [0.15, 0.2) is 0 Å². The molecule has 3 nitrogen and oxygen atoms in total. The van der Waals surface area contributed by atoms with E-state index in [2.05, 4.69) is 37.8 Å². The first-order chi connectivity index (χ1) is 8.67. The van der Waals surface area contributed by atoms with Crippen LogP contribution in [0, 0.1) is 0 Å². The average Bonchev–Trinajstić information content (AvgIpc) is 2.76. The molecule has 5 heteroatoms. The third-order valence-corrected chi connectivity index (χ3v) is 4.27. The van der Waals surface area contributed by atoms with Gasteiger partial charge in [0, 0.05) is 16.6 Å². The van der Waals surface area contributed by atoms with Crippen molar-refractivity contribution in [1.29, 1.82) is 0 Å². The highest BCUT2D eigenvalue weighted by Crippen LogP contribution is 2.24. The monoisotopic (exact) mass is 327 g/mol. The Morgan fingerprint density at radius 2 is 2.44 bits per heavy atom. The number of hydrogen-bond donors (Lipinski definition) is 0. The fraction of sp³-hybridized carbons (Fsp3) is 0.385. The van der Waals surface area contributed by atoms with E-state index in [1.807, 2.05) is 12.1 Å². The van der Waals surface area contributed by atoms with Crippen molar-refractivity contribution in [3.63, 3.8) is 0 Å². The second kappa shape index (κ2) is 6.38. The highest BCUT2D eigenvalue weighted by atomic mass is 79.9. The molecule has 1 aliphatic rings. The first-order valence-electron chi connectivity index (χ1n) is 5.68. The molecule has 0 saturated heterocycles. The maximum Gasteiger partial charge on any atom is 0.307 e. The van der Waals surface area contributed by atoms with Crippen LogP contribution in [-0.2, 0) is 16.0 Å². The number of hydrogen-bond acceptors (Lipinski definition) is 4. The molecule has 1 aromatic carbocycles. The van der Waals surface area contributed by atoms with Gasteiger partial charge in [-0.25, -0.2) is 0 Å². The minimum atomic E-state index is -0.187. The Balaban J connectivity index is 1.95. The molecule has 1 aromatic rings. The second-order valence-corrected chi connectivity index (χ2v) is 6.08. The van der Waals surface area contributed by atoms with E-state index in [9.17, 15) is 4.79 Å². The van der Waals surface area contributed by atoms with Crippen LogP contribution < -0.4 is 0 Å². The lowest BCUT2D eigenvalue weighted by molar-refractivity contribution is -0.140. The third kappa shape index (κ3) is 3.85. The normalized spacial score (nSPS) is 18.6. The van der Waals surface area contributed by atoms with Crippen molar-refractivity contribution in [3.8, 4) is 0 Å². The van der Waals surface area contributed by atoms with Gasteiger partial charge in [-0.05, 0) is 17.7 Å². The van der Waals surface area contributed by atoms with Crippen LogP contribution in [0.1, 0.15) is 12.0 Å². The van der Waals surface area contributed by atoms with E-state index in [1.54, 1.807) is 11.8 Å². The highest BCUT2D eigenvalue weighted by molar-refractivity contribution is 9.10. The lowest BCUT2D eigenvalue weighted by atomic mass is 10.2. The molecule has 1 aliphatic heterocycles. The van der Waals surface area contributed by atoms with E-state index in [4.69, 9.17) is 0 Å². The Morgan fingerprint density at radius 3 is 3.17 bits per heavy atom. The van der Waals surface area contributed by atoms with Gasteiger partial charge < -0.3 is 4.74 Å². The van der Waals surface area contributed by atoms with Crippen molar-refractivity contribution in [2.24, 2.45) is 4.99 Å². The topological polar surface area (TPSA) is 38.7 Å². The van der Waals surface area contributed by atoms with Crippen LogP contribution in [0.2, 0.25) is 0 Å². The second-order valence-electron chi connectivity index (χ2n) is 4.07. The van der Waals surface area contributed by atoms with E-state index < -0.39 is 0 Å². The molecule has 18 heavy (non-hydrogen) atoms. The maximum atomic E-state index is 11.2. The molecular formula is C13H14BrNO2S. The van der Waals surface area contributed by atoms with Gasteiger partial charge in [0.2, 0.25) is 0 Å². The van der Waals surface area contributed by atoms with E-state index in [-0.39, 0.29) is 12.0 Å². The van der Waals surface area contributed by atoms with Gasteiger partial charge in [-0.3, -0.25) is 9.79 Å². The lowest BCUT2D eigenvalue weighted by Gasteiger charge is -2.02. The van der Waals surface area contributed by atoms with Crippen LogP contribution in [-0.4, -0.2) is 29.9 Å². The number of carbonyl (C=O) groups is 1. The molecule has 0 radical (unpaired) electrons. The van der Waals surface area contributed by atoms with Gasteiger partial charge in [0.25, 0.3) is 0 Å². The van der Waals surface area contributed by atoms with Crippen molar-refractivity contribution in [2.75, 3.05) is 12.9 Å². The number of benzene rings is 1. The summed E-state index contributed by atoms with van der Waals surface area (Å²) in [5.41, 5.74) is 1.23. The van der Waals surface area contributed by atoms with Crippen LogP contribution in [0.5, 0.6) is 0 Å². The van der Waals surface area contributed by atoms with Crippen molar-refractivity contribution in [3.05, 3.63) is 34.3 Å². The molecule has 0 saturated carbocycles. The zero-order valence-corrected chi connectivity index (χ0v) is 12.5. The van der Waals surface area contributed by atoms with Crippen molar-refractivity contribution in [1.82, 2.24) is 0 Å². The quantitative estimate of drug-likeness (QED) is 0.798. The summed E-state index contributed by atoms with van der Waals surface area (Å²) >= 11 is 5.19. The summed E-state index contributed by atoms with van der Waals surface area (Å²) in [5.74, 6) is 0.686. The van der Waals surface area contributed by atoms with Crippen LogP contribution in [0.3, 0.4) is 0 Å². The van der Waals surface area contributed by atoms with Gasteiger partial charge in [0.1, 0.15) is 0 Å². The van der Waals surface area contributed by atoms with Gasteiger partial charge in [0.05, 0.1) is 24.6 Å². The number of rotatable bonds is 4. The number of carbonyl (C=O) groups excluding carboxylic acids is 1. The molecule has 0 aromatic heterocycles. The molecule has 1 atom stereocenters. The summed E-state index contributed by atoms with van der Waals surface area (Å²) in [5, 5.41) is 1.10. The molecule has 1 unspecified atom stereocenters. The van der Waals surface area contributed by atoms with E-state index in [1.165, 1.54) is 12.7 Å². The summed E-state index contributed by atoms with van der Waals surface area (Å²) in [6.07, 6.45) is 1.22. The highest BCUT2D eigenvalue weighted by Gasteiger charge is 2.21. The Hall–Kier alpha value is -0.810. The lowest BCUT2D eigenvalue weighted by Crippen LogP contribution is -2.12. The number of aliphatic imine (C=N–C) groups is 1. The van der Waals surface area contributed by atoms with E-state index in [0.29, 0.717) is 6.42 Å². The molecule has 0 aliphatic carbocycles. The standard InChI is InChI=1S/C13H14BrNO2S/c1-17-13(16)7-11-8-18-12(15-11)6-9-3-2-4-10(14)5-9/h2-5,11H,6-8H2,1H3. The summed E-state index contributed by atoms with van der Waals surface area (Å²) in [4.78, 5) is 15.7. The third-order valence-electron chi connectivity index (χ3n) is 2.64. The number of halogens is 1. The molecule has 0 N–H and O–H groups in total. The van der Waals surface area contributed by atoms with Crippen molar-refractivity contribution >= 4 is 38.7 Å². The fourth-order valence-electron chi connectivity index (χ4n) is 1.77. The summed E-state index contributed by atoms with van der Waals surface area (Å²) in [7, 11) is 1.41. The SMILES string of the molecule is COC(=O)CC1CSC(Cc2cccc(Br)c2)=N1. The van der Waals surface area contributed by atoms with Crippen molar-refractivity contribution < 1.29 is 9.53 Å². The van der Waals surface area contributed by atoms with Crippen LogP contribution in [0.4, 0.5) is 0 Å². The zero-order chi connectivity index (χ0) is 13.0. The first kappa shape index (κ1) is 13.6. The number of nitrogens with zero attached hydrogens (tertiary/aromatic N) is 1. The Morgan fingerprint density at radius 1 is 1.61 bits per heavy atom. The predicted molar refractivity (Wildman–Crippen MR) is 78.2 cm³/mol. The average molecular weight is 328 g/mol. The van der Waals surface area contributed by atoms with Gasteiger partial charge in [-0.2, -0.15) is 0 Å². The van der Waals surface area contributed by atoms with E-state index >= 15 is 0 Å².